The number of ether oxygens (including phenoxy) is 1. The van der Waals surface area contributed by atoms with E-state index in [-0.39, 0.29) is 17.0 Å². The van der Waals surface area contributed by atoms with Crippen molar-refractivity contribution in [3.05, 3.63) is 66.1 Å². The van der Waals surface area contributed by atoms with Gasteiger partial charge in [0, 0.05) is 37.7 Å². The van der Waals surface area contributed by atoms with Gasteiger partial charge >= 0.3 is 5.97 Å². The third-order valence-corrected chi connectivity index (χ3v) is 5.38. The Morgan fingerprint density at radius 3 is 2.56 bits per heavy atom. The Bertz CT molecular complexity index is 1060. The monoisotopic (exact) mass is 386 g/mol. The van der Waals surface area contributed by atoms with E-state index in [9.17, 15) is 13.2 Å². The average molecular weight is 386 g/mol. The normalized spacial score (nSPS) is 11.3. The number of nitrogens with one attached hydrogen (secondary N) is 1. The highest BCUT2D eigenvalue weighted by molar-refractivity contribution is 7.89. The van der Waals surface area contributed by atoms with E-state index in [2.05, 4.69) is 19.5 Å². The van der Waals surface area contributed by atoms with Gasteiger partial charge in [0.05, 0.1) is 23.3 Å². The molecule has 0 amide bonds. The van der Waals surface area contributed by atoms with Gasteiger partial charge in [0.25, 0.3) is 0 Å². The lowest BCUT2D eigenvalue weighted by molar-refractivity contribution is 0.0600. The van der Waals surface area contributed by atoms with Crippen LogP contribution in [-0.2, 0) is 28.4 Å². The zero-order valence-electron chi connectivity index (χ0n) is 14.8. The molecule has 9 heteroatoms. The Kier molecular flexibility index (Phi) is 5.33. The van der Waals surface area contributed by atoms with Gasteiger partial charge in [-0.05, 0) is 42.0 Å². The molecule has 3 aromatic rings. The molecule has 0 saturated heterocycles. The highest BCUT2D eigenvalue weighted by Crippen LogP contribution is 2.18. The average Bonchev–Trinajstić information content (AvgIpc) is 3.12. The molecule has 3 rings (SSSR count). The standard InChI is InChI=1S/C18H18N4O4S/c1-22-17(7-8-20-22)15-9-13(10-19-12-15)11-21-27(24,25)16-5-3-14(4-6-16)18(23)26-2/h3-10,12,21H,11H2,1-2H3. The number of carbonyl (C=O) groups is 1. The van der Waals surface area contributed by atoms with Gasteiger partial charge < -0.3 is 4.74 Å². The fraction of sp³-hybridized carbons (Fsp3) is 0.167. The molecule has 0 bridgehead atoms. The van der Waals surface area contributed by atoms with E-state index in [1.54, 1.807) is 23.3 Å². The van der Waals surface area contributed by atoms with E-state index in [0.717, 1.165) is 11.3 Å². The third-order valence-electron chi connectivity index (χ3n) is 3.96. The number of aryl methyl sites for hydroxylation is 1. The van der Waals surface area contributed by atoms with Crippen LogP contribution in [0.5, 0.6) is 0 Å². The van der Waals surface area contributed by atoms with Gasteiger partial charge in [0.1, 0.15) is 0 Å². The lowest BCUT2D eigenvalue weighted by Gasteiger charge is -2.09. The van der Waals surface area contributed by atoms with Crippen LogP contribution in [0, 0.1) is 0 Å². The van der Waals surface area contributed by atoms with Gasteiger partial charge in [-0.25, -0.2) is 17.9 Å². The second kappa shape index (κ2) is 7.68. The number of aromatic nitrogens is 3. The minimum Gasteiger partial charge on any atom is -0.465 e. The molecule has 0 atom stereocenters. The van der Waals surface area contributed by atoms with Crippen LogP contribution in [-0.4, -0.2) is 36.3 Å². The van der Waals surface area contributed by atoms with Gasteiger partial charge in [-0.1, -0.05) is 0 Å². The van der Waals surface area contributed by atoms with Crippen molar-refractivity contribution in [2.24, 2.45) is 7.05 Å². The molecule has 2 aromatic heterocycles. The molecule has 0 aliphatic heterocycles. The summed E-state index contributed by atoms with van der Waals surface area (Å²) < 4.78 is 33.8. The minimum absolute atomic E-state index is 0.0610. The summed E-state index contributed by atoms with van der Waals surface area (Å²) in [6.07, 6.45) is 4.98. The fourth-order valence-electron chi connectivity index (χ4n) is 2.53. The molecule has 2 heterocycles. The van der Waals surface area contributed by atoms with Crippen molar-refractivity contribution < 1.29 is 17.9 Å². The van der Waals surface area contributed by atoms with Crippen LogP contribution in [0.15, 0.2) is 59.9 Å². The number of esters is 1. The Morgan fingerprint density at radius 2 is 1.93 bits per heavy atom. The van der Waals surface area contributed by atoms with E-state index in [1.165, 1.54) is 31.4 Å². The number of nitrogens with zero attached hydrogens (tertiary/aromatic N) is 3. The third kappa shape index (κ3) is 4.21. The summed E-state index contributed by atoms with van der Waals surface area (Å²) in [5.41, 5.74) is 2.72. The Morgan fingerprint density at radius 1 is 1.19 bits per heavy atom. The van der Waals surface area contributed by atoms with Crippen molar-refractivity contribution in [2.45, 2.75) is 11.4 Å². The number of pyridine rings is 1. The first-order chi connectivity index (χ1) is 12.9. The molecule has 0 aliphatic rings. The van der Waals surface area contributed by atoms with Crippen LogP contribution in [0.25, 0.3) is 11.3 Å². The highest BCUT2D eigenvalue weighted by atomic mass is 32.2. The predicted octanol–water partition coefficient (Wildman–Crippen LogP) is 1.75. The van der Waals surface area contributed by atoms with Gasteiger partial charge in [0.2, 0.25) is 10.0 Å². The number of carbonyl (C=O) groups excluding carboxylic acids is 1. The van der Waals surface area contributed by atoms with Gasteiger partial charge in [-0.3, -0.25) is 9.67 Å². The SMILES string of the molecule is COC(=O)c1ccc(S(=O)(=O)NCc2cncc(-c3ccnn3C)c2)cc1. The van der Waals surface area contributed by atoms with E-state index >= 15 is 0 Å². The van der Waals surface area contributed by atoms with E-state index in [1.807, 2.05) is 19.2 Å². The van der Waals surface area contributed by atoms with Gasteiger partial charge in [0.15, 0.2) is 0 Å². The second-order valence-corrected chi connectivity index (χ2v) is 7.53. The first-order valence-corrected chi connectivity index (χ1v) is 9.49. The number of hydrogen-bond donors (Lipinski definition) is 1. The first-order valence-electron chi connectivity index (χ1n) is 8.01. The zero-order chi connectivity index (χ0) is 19.4. The van der Waals surface area contributed by atoms with Crippen LogP contribution in [0.1, 0.15) is 15.9 Å². The molecular weight excluding hydrogens is 368 g/mol. The van der Waals surface area contributed by atoms with E-state index in [4.69, 9.17) is 0 Å². The molecule has 140 valence electrons. The quantitative estimate of drug-likeness (QED) is 0.648. The van der Waals surface area contributed by atoms with E-state index in [0.29, 0.717) is 5.56 Å². The molecule has 1 N–H and O–H groups in total. The summed E-state index contributed by atoms with van der Waals surface area (Å²) in [6.45, 7) is 0.0831. The molecule has 0 radical (unpaired) electrons. The maximum atomic E-state index is 12.5. The summed E-state index contributed by atoms with van der Waals surface area (Å²) >= 11 is 0. The lowest BCUT2D eigenvalue weighted by atomic mass is 10.1. The maximum absolute atomic E-state index is 12.5. The topological polar surface area (TPSA) is 103 Å². The molecule has 0 spiro atoms. The van der Waals surface area contributed by atoms with Crippen molar-refractivity contribution >= 4 is 16.0 Å². The van der Waals surface area contributed by atoms with Crippen LogP contribution < -0.4 is 4.72 Å². The molecule has 0 saturated carbocycles. The van der Waals surface area contributed by atoms with Crippen molar-refractivity contribution in [2.75, 3.05) is 7.11 Å². The smallest absolute Gasteiger partial charge is 0.337 e. The highest BCUT2D eigenvalue weighted by Gasteiger charge is 2.15. The van der Waals surface area contributed by atoms with E-state index < -0.39 is 16.0 Å². The lowest BCUT2D eigenvalue weighted by Crippen LogP contribution is -2.23. The summed E-state index contributed by atoms with van der Waals surface area (Å²) in [4.78, 5) is 15.7. The Hall–Kier alpha value is -3.04. The fourth-order valence-corrected chi connectivity index (χ4v) is 3.55. The van der Waals surface area contributed by atoms with Crippen molar-refractivity contribution in [1.82, 2.24) is 19.5 Å². The van der Waals surface area contributed by atoms with Crippen molar-refractivity contribution in [3.8, 4) is 11.3 Å². The minimum atomic E-state index is -3.73. The molecule has 0 unspecified atom stereocenters. The van der Waals surface area contributed by atoms with Crippen molar-refractivity contribution in [1.29, 1.82) is 0 Å². The Balaban J connectivity index is 1.74. The maximum Gasteiger partial charge on any atom is 0.337 e. The number of rotatable bonds is 6. The molecule has 0 aliphatic carbocycles. The molecule has 8 nitrogen and oxygen atoms in total. The number of methoxy groups -OCH3 is 1. The number of sulfonamides is 1. The van der Waals surface area contributed by atoms with Crippen LogP contribution in [0.4, 0.5) is 0 Å². The van der Waals surface area contributed by atoms with Crippen molar-refractivity contribution in [3.63, 3.8) is 0 Å². The zero-order valence-corrected chi connectivity index (χ0v) is 15.6. The first kappa shape index (κ1) is 18.7. The second-order valence-electron chi connectivity index (χ2n) is 5.76. The van der Waals surface area contributed by atoms with Gasteiger partial charge in [-0.15, -0.1) is 0 Å². The number of hydrogen-bond acceptors (Lipinski definition) is 6. The van der Waals surface area contributed by atoms with Crippen LogP contribution in [0.2, 0.25) is 0 Å². The predicted molar refractivity (Wildman–Crippen MR) is 98.2 cm³/mol. The largest absolute Gasteiger partial charge is 0.465 e. The Labute approximate surface area is 156 Å². The van der Waals surface area contributed by atoms with Crippen LogP contribution in [0.3, 0.4) is 0 Å². The molecular formula is C18H18N4O4S. The number of benzene rings is 1. The molecule has 27 heavy (non-hydrogen) atoms. The molecule has 1 aromatic carbocycles. The van der Waals surface area contributed by atoms with Crippen LogP contribution >= 0.6 is 0 Å². The summed E-state index contributed by atoms with van der Waals surface area (Å²) in [6, 6.07) is 9.24. The molecule has 0 fully saturated rings. The summed E-state index contributed by atoms with van der Waals surface area (Å²) in [5.74, 6) is -0.523. The summed E-state index contributed by atoms with van der Waals surface area (Å²) in [7, 11) is -0.642. The summed E-state index contributed by atoms with van der Waals surface area (Å²) in [5, 5.41) is 4.12. The van der Waals surface area contributed by atoms with Gasteiger partial charge in [-0.2, -0.15) is 5.10 Å².